The Morgan fingerprint density at radius 1 is 1.06 bits per heavy atom. The van der Waals surface area contributed by atoms with Crippen molar-refractivity contribution in [3.05, 3.63) is 69.1 Å². The summed E-state index contributed by atoms with van der Waals surface area (Å²) in [6.45, 7) is 4.70. The van der Waals surface area contributed by atoms with Crippen molar-refractivity contribution >= 4 is 11.9 Å². The van der Waals surface area contributed by atoms with Gasteiger partial charge in [-0.25, -0.2) is 4.79 Å². The molecule has 166 valence electrons. The molecule has 6 heteroatoms. The molecule has 0 saturated carbocycles. The zero-order chi connectivity index (χ0) is 22.4. The summed E-state index contributed by atoms with van der Waals surface area (Å²) in [7, 11) is 1.28. The molecular weight excluding hydrogens is 392 g/mol. The number of methoxy groups -OCH3 is 1. The van der Waals surface area contributed by atoms with Gasteiger partial charge >= 0.3 is 5.97 Å². The van der Waals surface area contributed by atoms with E-state index < -0.39 is 17.9 Å². The highest BCUT2D eigenvalue weighted by Crippen LogP contribution is 2.22. The van der Waals surface area contributed by atoms with Gasteiger partial charge in [-0.1, -0.05) is 57.0 Å². The first-order chi connectivity index (χ1) is 14.9. The molecule has 1 amide bonds. The van der Waals surface area contributed by atoms with Crippen LogP contribution >= 0.6 is 0 Å². The van der Waals surface area contributed by atoms with Crippen molar-refractivity contribution in [1.29, 1.82) is 0 Å². The zero-order valence-electron chi connectivity index (χ0n) is 18.6. The molecule has 1 aromatic heterocycles. The maximum absolute atomic E-state index is 13.4. The van der Waals surface area contributed by atoms with E-state index in [-0.39, 0.29) is 17.0 Å². The number of fused-ring (bicyclic) bond motifs is 1. The monoisotopic (exact) mass is 424 g/mol. The number of rotatable bonds is 6. The second kappa shape index (κ2) is 10.4. The number of ether oxygens (including phenoxy) is 1. The molecule has 2 aromatic rings. The Morgan fingerprint density at radius 2 is 1.74 bits per heavy atom. The molecule has 1 aromatic carbocycles. The normalized spacial score (nSPS) is 14.8. The summed E-state index contributed by atoms with van der Waals surface area (Å²) in [6.07, 6.45) is 6.12. The smallest absolute Gasteiger partial charge is 0.333 e. The van der Waals surface area contributed by atoms with Gasteiger partial charge in [0.1, 0.15) is 5.56 Å². The Kier molecular flexibility index (Phi) is 7.66. The molecule has 0 spiro atoms. The fraction of sp³-hybridized carbons (Fsp3) is 0.480. The van der Waals surface area contributed by atoms with Crippen molar-refractivity contribution in [3.63, 3.8) is 0 Å². The molecule has 0 saturated heterocycles. The Morgan fingerprint density at radius 3 is 2.39 bits per heavy atom. The average Bonchev–Trinajstić information content (AvgIpc) is 2.74. The van der Waals surface area contributed by atoms with Gasteiger partial charge in [-0.05, 0) is 48.8 Å². The van der Waals surface area contributed by atoms with E-state index in [1.807, 2.05) is 6.07 Å². The first-order valence-electron chi connectivity index (χ1n) is 11.1. The molecular formula is C25H32N2O4. The molecule has 1 N–H and O–H groups in total. The quantitative estimate of drug-likeness (QED) is 0.716. The fourth-order valence-corrected chi connectivity index (χ4v) is 4.21. The summed E-state index contributed by atoms with van der Waals surface area (Å²) in [5, 5.41) is 2.73. The molecule has 3 rings (SSSR count). The van der Waals surface area contributed by atoms with Gasteiger partial charge in [0.25, 0.3) is 11.5 Å². The van der Waals surface area contributed by atoms with Crippen LogP contribution in [0.4, 0.5) is 0 Å². The zero-order valence-corrected chi connectivity index (χ0v) is 18.6. The number of aryl methyl sites for hydroxylation is 1. The Labute approximate surface area is 183 Å². The molecule has 1 unspecified atom stereocenters. The van der Waals surface area contributed by atoms with Gasteiger partial charge in [-0.3, -0.25) is 9.59 Å². The molecule has 0 aliphatic heterocycles. The lowest BCUT2D eigenvalue weighted by Gasteiger charge is -2.23. The summed E-state index contributed by atoms with van der Waals surface area (Å²) >= 11 is 0. The van der Waals surface area contributed by atoms with E-state index in [9.17, 15) is 14.4 Å². The lowest BCUT2D eigenvalue weighted by atomic mass is 9.95. The molecule has 0 bridgehead atoms. The second-order valence-electron chi connectivity index (χ2n) is 8.59. The Balaban J connectivity index is 2.02. The first kappa shape index (κ1) is 22.8. The summed E-state index contributed by atoms with van der Waals surface area (Å²) in [4.78, 5) is 38.9. The molecule has 1 aliphatic carbocycles. The lowest BCUT2D eigenvalue weighted by molar-refractivity contribution is -0.143. The molecule has 1 atom stereocenters. The highest BCUT2D eigenvalue weighted by Gasteiger charge is 2.27. The molecule has 0 fully saturated rings. The SMILES string of the molecule is COC(=O)C(NC(=O)c1cc2c(n(CC(C)C)c1=O)CCCCCC2)c1ccccc1. The number of hydrogen-bond donors (Lipinski definition) is 1. The van der Waals surface area contributed by atoms with Gasteiger partial charge in [-0.2, -0.15) is 0 Å². The third-order valence-corrected chi connectivity index (χ3v) is 5.74. The number of hydrogen-bond acceptors (Lipinski definition) is 4. The number of nitrogens with zero attached hydrogens (tertiary/aromatic N) is 1. The van der Waals surface area contributed by atoms with E-state index in [1.165, 1.54) is 7.11 Å². The Bertz CT molecular complexity index is 979. The lowest BCUT2D eigenvalue weighted by Crippen LogP contribution is -2.40. The van der Waals surface area contributed by atoms with Gasteiger partial charge in [0, 0.05) is 12.2 Å². The van der Waals surface area contributed by atoms with Crippen LogP contribution in [0.5, 0.6) is 0 Å². The van der Waals surface area contributed by atoms with Gasteiger partial charge in [-0.15, -0.1) is 0 Å². The minimum atomic E-state index is -0.973. The van der Waals surface area contributed by atoms with Crippen LogP contribution < -0.4 is 10.9 Å². The maximum Gasteiger partial charge on any atom is 0.333 e. The molecule has 1 heterocycles. The van der Waals surface area contributed by atoms with Gasteiger partial charge in [0.05, 0.1) is 7.11 Å². The van der Waals surface area contributed by atoms with Crippen LogP contribution in [0.2, 0.25) is 0 Å². The standard InChI is InChI=1S/C25H32N2O4/c1-17(2)16-27-21-14-10-5-4-7-13-19(21)15-20(24(27)29)23(28)26-22(25(30)31-3)18-11-8-6-9-12-18/h6,8-9,11-12,15,17,22H,4-5,7,10,13-14,16H2,1-3H3,(H,26,28). The van der Waals surface area contributed by atoms with E-state index in [2.05, 4.69) is 19.2 Å². The highest BCUT2D eigenvalue weighted by atomic mass is 16.5. The number of carbonyl (C=O) groups excluding carboxylic acids is 2. The number of esters is 1. The van der Waals surface area contributed by atoms with Gasteiger partial charge in [0.15, 0.2) is 6.04 Å². The second-order valence-corrected chi connectivity index (χ2v) is 8.59. The van der Waals surface area contributed by atoms with Crippen molar-refractivity contribution in [1.82, 2.24) is 9.88 Å². The maximum atomic E-state index is 13.4. The number of aromatic nitrogens is 1. The number of nitrogens with one attached hydrogen (secondary N) is 1. The Hall–Kier alpha value is -2.89. The first-order valence-corrected chi connectivity index (χ1v) is 11.1. The number of carbonyl (C=O) groups is 2. The predicted molar refractivity (Wildman–Crippen MR) is 120 cm³/mol. The van der Waals surface area contributed by atoms with Crippen LogP contribution in [0.1, 0.15) is 72.8 Å². The topological polar surface area (TPSA) is 77.4 Å². The minimum absolute atomic E-state index is 0.0878. The summed E-state index contributed by atoms with van der Waals surface area (Å²) in [6, 6.07) is 9.68. The number of amides is 1. The van der Waals surface area contributed by atoms with Gasteiger partial charge in [0.2, 0.25) is 0 Å². The molecule has 31 heavy (non-hydrogen) atoms. The van der Waals surface area contributed by atoms with Crippen molar-refractivity contribution < 1.29 is 14.3 Å². The average molecular weight is 425 g/mol. The van der Waals surface area contributed by atoms with Crippen LogP contribution in [-0.4, -0.2) is 23.6 Å². The highest BCUT2D eigenvalue weighted by molar-refractivity contribution is 5.97. The van der Waals surface area contributed by atoms with Crippen LogP contribution in [-0.2, 0) is 28.9 Å². The van der Waals surface area contributed by atoms with Crippen LogP contribution in [0.15, 0.2) is 41.2 Å². The molecule has 0 radical (unpaired) electrons. The minimum Gasteiger partial charge on any atom is -0.467 e. The fourth-order valence-electron chi connectivity index (χ4n) is 4.21. The predicted octanol–water partition coefficient (Wildman–Crippen LogP) is 3.81. The van der Waals surface area contributed by atoms with Crippen molar-refractivity contribution in [3.8, 4) is 0 Å². The van der Waals surface area contributed by atoms with E-state index >= 15 is 0 Å². The van der Waals surface area contributed by atoms with E-state index in [4.69, 9.17) is 4.74 Å². The number of benzene rings is 1. The largest absolute Gasteiger partial charge is 0.467 e. The molecule has 6 nitrogen and oxygen atoms in total. The van der Waals surface area contributed by atoms with Crippen molar-refractivity contribution in [2.24, 2.45) is 5.92 Å². The van der Waals surface area contributed by atoms with Crippen molar-refractivity contribution in [2.75, 3.05) is 7.11 Å². The summed E-state index contributed by atoms with van der Waals surface area (Å²) in [5.41, 5.74) is 2.53. The van der Waals surface area contributed by atoms with Crippen LogP contribution in [0.25, 0.3) is 0 Å². The third-order valence-electron chi connectivity index (χ3n) is 5.74. The van der Waals surface area contributed by atoms with Gasteiger partial charge < -0.3 is 14.6 Å². The van der Waals surface area contributed by atoms with Crippen molar-refractivity contribution in [2.45, 2.75) is 65.0 Å². The third kappa shape index (κ3) is 5.43. The summed E-state index contributed by atoms with van der Waals surface area (Å²) in [5.74, 6) is -0.849. The van der Waals surface area contributed by atoms with E-state index in [1.54, 1.807) is 34.9 Å². The van der Waals surface area contributed by atoms with E-state index in [0.717, 1.165) is 49.8 Å². The molecule has 1 aliphatic rings. The number of pyridine rings is 1. The summed E-state index contributed by atoms with van der Waals surface area (Å²) < 4.78 is 6.68. The van der Waals surface area contributed by atoms with Crippen LogP contribution in [0, 0.1) is 5.92 Å². The van der Waals surface area contributed by atoms with Crippen LogP contribution in [0.3, 0.4) is 0 Å². The van der Waals surface area contributed by atoms with E-state index in [0.29, 0.717) is 12.1 Å².